The molecule has 0 unspecified atom stereocenters. The summed E-state index contributed by atoms with van der Waals surface area (Å²) < 4.78 is 16.1. The molecule has 0 rings (SSSR count). The van der Waals surface area contributed by atoms with E-state index in [1.807, 2.05) is 0 Å². The molecular weight excluding hydrogens is 381 g/mol. The van der Waals surface area contributed by atoms with E-state index in [2.05, 4.69) is 23.2 Å². The molecule has 0 aromatic carbocycles. The van der Waals surface area contributed by atoms with Gasteiger partial charge in [0.1, 0.15) is 0 Å². The van der Waals surface area contributed by atoms with Gasteiger partial charge in [0, 0.05) is 0 Å². The number of hydrogen-bond donors (Lipinski definition) is 0. The average molecular weight is 387 g/mol. The second-order valence-corrected chi connectivity index (χ2v) is 7.57. The fourth-order valence-corrected chi connectivity index (χ4v) is 1.35. The summed E-state index contributed by atoms with van der Waals surface area (Å²) in [7, 11) is -11.7. The van der Waals surface area contributed by atoms with Crippen LogP contribution >= 0.6 is 38.4 Å². The number of hydrogen-bond acceptors (Lipinski definition) is 6. The minimum absolute atomic E-state index is 0. The summed E-state index contributed by atoms with van der Waals surface area (Å²) in [6.07, 6.45) is 0. The van der Waals surface area contributed by atoms with Gasteiger partial charge in [-0.2, -0.15) is 0 Å². The van der Waals surface area contributed by atoms with Crippen LogP contribution in [0.25, 0.3) is 0 Å². The van der Waals surface area contributed by atoms with Gasteiger partial charge in [0.2, 0.25) is 0 Å². The molecule has 0 atom stereocenters. The van der Waals surface area contributed by atoms with Crippen LogP contribution in [0.2, 0.25) is 0 Å². The molecule has 6 N–H and O–H groups in total. The average Bonchev–Trinajstić information content (AvgIpc) is 1.58. The van der Waals surface area contributed by atoms with Gasteiger partial charge >= 0.3 is 118 Å². The summed E-state index contributed by atoms with van der Waals surface area (Å²) in [6.45, 7) is 0. The minimum Gasteiger partial charge on any atom is -0.808 e. The second-order valence-electron chi connectivity index (χ2n) is 1.50. The largest absolute Gasteiger partial charge is 1.00 e. The van der Waals surface area contributed by atoms with E-state index in [-0.39, 0.29) is 135 Å². The van der Waals surface area contributed by atoms with Crippen molar-refractivity contribution < 1.29 is 163 Å². The molecule has 0 aliphatic rings. The summed E-state index contributed by atoms with van der Waals surface area (Å²) in [5, 5.41) is 0. The molecule has 0 radical (unpaired) electrons. The van der Waals surface area contributed by atoms with E-state index >= 15 is 0 Å². The number of rotatable bonds is 2. The Balaban J connectivity index is -0.0000000238. The van der Waals surface area contributed by atoms with E-state index in [4.69, 9.17) is 0 Å². The van der Waals surface area contributed by atoms with Crippen molar-refractivity contribution in [3.05, 3.63) is 0 Å². The summed E-state index contributed by atoms with van der Waals surface area (Å²) in [5.41, 5.74) is 0. The van der Waals surface area contributed by atoms with Crippen LogP contribution in [0.3, 0.4) is 0 Å². The SMILES string of the molecule is O.O.O.O=P([O-])([O-])C(Cl)(Cl)P(=O)([O-])[O-].[Na+].[Na+].[Na+].[Na+]. The van der Waals surface area contributed by atoms with E-state index in [9.17, 15) is 28.7 Å². The van der Waals surface area contributed by atoms with Gasteiger partial charge in [-0.1, -0.05) is 23.2 Å². The van der Waals surface area contributed by atoms with Gasteiger partial charge in [-0.25, -0.2) is 0 Å². The van der Waals surface area contributed by atoms with Crippen LogP contribution < -0.4 is 138 Å². The maximum absolute atomic E-state index is 9.94. The molecule has 92 valence electrons. The van der Waals surface area contributed by atoms with Crippen molar-refractivity contribution in [2.24, 2.45) is 0 Å². The third-order valence-corrected chi connectivity index (χ3v) is 5.93. The van der Waals surface area contributed by atoms with Crippen LogP contribution in [0.4, 0.5) is 0 Å². The smallest absolute Gasteiger partial charge is 0.808 e. The van der Waals surface area contributed by atoms with E-state index in [1.54, 1.807) is 0 Å². The Bertz CT molecular complexity index is 227. The number of alkyl halides is 2. The van der Waals surface area contributed by atoms with Gasteiger partial charge in [0.15, 0.2) is 3.82 Å². The van der Waals surface area contributed by atoms with Gasteiger partial charge in [0.25, 0.3) is 0 Å². The Kier molecular flexibility index (Phi) is 49.8. The van der Waals surface area contributed by atoms with Crippen molar-refractivity contribution in [1.29, 1.82) is 0 Å². The third-order valence-electron chi connectivity index (χ3n) is 0.659. The molecule has 0 aromatic rings. The Morgan fingerprint density at radius 2 is 0.778 bits per heavy atom. The van der Waals surface area contributed by atoms with E-state index in [1.165, 1.54) is 0 Å². The zero-order valence-electron chi connectivity index (χ0n) is 10.1. The van der Waals surface area contributed by atoms with Crippen LogP contribution in [0.1, 0.15) is 0 Å². The molecule has 0 heterocycles. The fourth-order valence-electron chi connectivity index (χ4n) is 0.150. The molecule has 18 heavy (non-hydrogen) atoms. The molecule has 17 heteroatoms. The Labute approximate surface area is 202 Å². The number of halogens is 2. The Hall–Kier alpha value is 4.76. The normalized spacial score (nSPS) is 9.22. The topological polar surface area (TPSA) is 221 Å². The molecule has 0 saturated heterocycles. The van der Waals surface area contributed by atoms with Gasteiger partial charge in [-0.3, -0.25) is 0 Å². The first kappa shape index (κ1) is 49.5. The minimum atomic E-state index is -5.85. The maximum atomic E-state index is 9.94. The van der Waals surface area contributed by atoms with Crippen molar-refractivity contribution in [1.82, 2.24) is 0 Å². The first-order valence-corrected chi connectivity index (χ1v) is 5.76. The van der Waals surface area contributed by atoms with Crippen molar-refractivity contribution in [3.8, 4) is 0 Å². The third kappa shape index (κ3) is 15.6. The van der Waals surface area contributed by atoms with Crippen LogP contribution in [0.15, 0.2) is 0 Å². The first-order valence-electron chi connectivity index (χ1n) is 1.92. The van der Waals surface area contributed by atoms with Crippen LogP contribution in [-0.2, 0) is 9.13 Å². The molecule has 0 bridgehead atoms. The van der Waals surface area contributed by atoms with Gasteiger partial charge < -0.3 is 45.1 Å². The van der Waals surface area contributed by atoms with Crippen molar-refractivity contribution >= 4 is 38.4 Å². The zero-order chi connectivity index (χ0) is 9.50. The second kappa shape index (κ2) is 18.1. The van der Waals surface area contributed by atoms with Crippen molar-refractivity contribution in [2.45, 2.75) is 3.82 Å². The summed E-state index contributed by atoms with van der Waals surface area (Å²) >= 11 is 8.96. The van der Waals surface area contributed by atoms with Gasteiger partial charge in [-0.15, -0.1) is 0 Å². The molecule has 0 aromatic heterocycles. The summed E-state index contributed by atoms with van der Waals surface area (Å²) in [4.78, 5) is 39.7. The van der Waals surface area contributed by atoms with Crippen LogP contribution in [0.5, 0.6) is 0 Å². The fraction of sp³-hybridized carbons (Fsp3) is 1.00. The predicted molar refractivity (Wildman–Crippen MR) is 40.5 cm³/mol. The summed E-state index contributed by atoms with van der Waals surface area (Å²) in [5.74, 6) is 0. The maximum Gasteiger partial charge on any atom is 1.00 e. The molecule has 0 saturated carbocycles. The van der Waals surface area contributed by atoms with Gasteiger partial charge in [0.05, 0.1) is 0 Å². The van der Waals surface area contributed by atoms with Crippen LogP contribution in [0, 0.1) is 0 Å². The predicted octanol–water partition coefficient (Wildman–Crippen LogP) is -16.6. The molecule has 0 aliphatic carbocycles. The van der Waals surface area contributed by atoms with Gasteiger partial charge in [-0.05, 0) is 15.2 Å². The monoisotopic (exact) mass is 386 g/mol. The zero-order valence-corrected chi connectivity index (χ0v) is 21.4. The summed E-state index contributed by atoms with van der Waals surface area (Å²) in [6, 6.07) is 0. The van der Waals surface area contributed by atoms with Crippen LogP contribution in [-0.4, -0.2) is 20.2 Å². The molecule has 0 amide bonds. The molecule has 0 aliphatic heterocycles. The van der Waals surface area contributed by atoms with Crippen molar-refractivity contribution in [2.75, 3.05) is 0 Å². The molecular formula is CH6Cl2Na4O9P2. The van der Waals surface area contributed by atoms with Crippen molar-refractivity contribution in [3.63, 3.8) is 0 Å². The van der Waals surface area contributed by atoms with E-state index in [0.717, 1.165) is 0 Å². The molecule has 0 spiro atoms. The molecule has 0 fully saturated rings. The van der Waals surface area contributed by atoms with E-state index < -0.39 is 19.0 Å². The Morgan fingerprint density at radius 1 is 0.667 bits per heavy atom. The van der Waals surface area contributed by atoms with E-state index in [0.29, 0.717) is 0 Å². The molecule has 9 nitrogen and oxygen atoms in total. The quantitative estimate of drug-likeness (QED) is 0.254. The Morgan fingerprint density at radius 3 is 0.778 bits per heavy atom. The first-order chi connectivity index (χ1) is 4.50. The standard InChI is InChI=1S/CH4Cl2O6P2.4Na.3H2O/c2-1(3,10(4,5)6)11(7,8)9;;;;;;;/h(H2,4,5,6)(H2,7,8,9);;;;;3*1H2/q;4*+1;;;/p-4.